The van der Waals surface area contributed by atoms with Crippen molar-refractivity contribution in [2.75, 3.05) is 19.0 Å². The van der Waals surface area contributed by atoms with Gasteiger partial charge in [0.15, 0.2) is 11.7 Å². The summed E-state index contributed by atoms with van der Waals surface area (Å²) in [6, 6.07) is 11.6. The first-order valence-electron chi connectivity index (χ1n) is 8.25. The average molecular weight is 447 g/mol. The van der Waals surface area contributed by atoms with Crippen LogP contribution in [0.4, 0.5) is 5.13 Å². The lowest BCUT2D eigenvalue weighted by Crippen LogP contribution is -2.20. The van der Waals surface area contributed by atoms with E-state index in [1.165, 1.54) is 11.3 Å². The van der Waals surface area contributed by atoms with Crippen LogP contribution in [0.2, 0.25) is 0 Å². The van der Waals surface area contributed by atoms with Crippen molar-refractivity contribution in [3.8, 4) is 22.8 Å². The molecule has 0 spiro atoms. The molecular formula is C20H19BrN2O3S. The van der Waals surface area contributed by atoms with Gasteiger partial charge in [-0.25, -0.2) is 4.98 Å². The summed E-state index contributed by atoms with van der Waals surface area (Å²) in [6.45, 7) is 3.91. The van der Waals surface area contributed by atoms with E-state index in [-0.39, 0.29) is 12.5 Å². The highest BCUT2D eigenvalue weighted by Gasteiger charge is 2.11. The van der Waals surface area contributed by atoms with Crippen LogP contribution in [-0.2, 0) is 4.79 Å². The predicted octanol–water partition coefficient (Wildman–Crippen LogP) is 5.22. The van der Waals surface area contributed by atoms with Crippen molar-refractivity contribution in [2.45, 2.75) is 13.8 Å². The summed E-state index contributed by atoms with van der Waals surface area (Å²) < 4.78 is 11.7. The maximum atomic E-state index is 12.2. The van der Waals surface area contributed by atoms with Crippen molar-refractivity contribution in [1.82, 2.24) is 4.98 Å². The highest BCUT2D eigenvalue weighted by atomic mass is 79.9. The number of nitrogens with one attached hydrogen (secondary N) is 1. The fraction of sp³-hybridized carbons (Fsp3) is 0.200. The molecule has 1 aromatic heterocycles. The third-order valence-electron chi connectivity index (χ3n) is 3.89. The zero-order valence-electron chi connectivity index (χ0n) is 15.2. The van der Waals surface area contributed by atoms with Crippen LogP contribution >= 0.6 is 27.3 Å². The standard InChI is InChI=1S/C20H19BrN2O3S/c1-12-4-6-17(13(2)8-12)26-10-19(24)23-20-22-16(11-27-20)14-5-7-18(25-3)15(21)9-14/h4-9,11H,10H2,1-3H3,(H,22,23,24). The number of carbonyl (C=O) groups is 1. The monoisotopic (exact) mass is 446 g/mol. The lowest BCUT2D eigenvalue weighted by molar-refractivity contribution is -0.118. The molecule has 0 unspecified atom stereocenters. The van der Waals surface area contributed by atoms with Crippen LogP contribution in [0.25, 0.3) is 11.3 Å². The first kappa shape index (κ1) is 19.4. The number of ether oxygens (including phenoxy) is 2. The Balaban J connectivity index is 1.61. The maximum Gasteiger partial charge on any atom is 0.264 e. The molecule has 1 heterocycles. The lowest BCUT2D eigenvalue weighted by atomic mass is 10.1. The minimum absolute atomic E-state index is 0.0626. The number of hydrogen-bond donors (Lipinski definition) is 1. The Hall–Kier alpha value is -2.38. The Morgan fingerprint density at radius 2 is 1.96 bits per heavy atom. The van der Waals surface area contributed by atoms with Crippen LogP contribution < -0.4 is 14.8 Å². The molecule has 27 heavy (non-hydrogen) atoms. The number of rotatable bonds is 6. The molecule has 0 bridgehead atoms. The molecule has 7 heteroatoms. The quantitative estimate of drug-likeness (QED) is 0.563. The Bertz CT molecular complexity index is 972. The maximum absolute atomic E-state index is 12.2. The second-order valence-corrected chi connectivity index (χ2v) is 7.71. The van der Waals surface area contributed by atoms with Gasteiger partial charge in [0.1, 0.15) is 11.5 Å². The van der Waals surface area contributed by atoms with Gasteiger partial charge in [0, 0.05) is 10.9 Å². The summed E-state index contributed by atoms with van der Waals surface area (Å²) in [6.07, 6.45) is 0. The Morgan fingerprint density at radius 1 is 1.19 bits per heavy atom. The number of methoxy groups -OCH3 is 1. The van der Waals surface area contributed by atoms with E-state index in [0.717, 1.165) is 32.6 Å². The van der Waals surface area contributed by atoms with E-state index in [1.54, 1.807) is 7.11 Å². The third-order valence-corrected chi connectivity index (χ3v) is 5.26. The number of aromatic nitrogens is 1. The number of nitrogens with zero attached hydrogens (tertiary/aromatic N) is 1. The van der Waals surface area contributed by atoms with E-state index < -0.39 is 0 Å². The van der Waals surface area contributed by atoms with E-state index in [2.05, 4.69) is 26.2 Å². The average Bonchev–Trinajstić information content (AvgIpc) is 3.09. The van der Waals surface area contributed by atoms with Crippen LogP contribution in [0.5, 0.6) is 11.5 Å². The number of amides is 1. The van der Waals surface area contributed by atoms with Crippen LogP contribution in [0.1, 0.15) is 11.1 Å². The second-order valence-electron chi connectivity index (χ2n) is 5.99. The molecule has 5 nitrogen and oxygen atoms in total. The molecule has 1 N–H and O–H groups in total. The SMILES string of the molecule is COc1ccc(-c2csc(NC(=O)COc3ccc(C)cc3C)n2)cc1Br. The predicted molar refractivity (Wildman–Crippen MR) is 112 cm³/mol. The zero-order valence-corrected chi connectivity index (χ0v) is 17.6. The molecule has 0 saturated carbocycles. The van der Waals surface area contributed by atoms with Crippen molar-refractivity contribution in [3.05, 3.63) is 57.4 Å². The summed E-state index contributed by atoms with van der Waals surface area (Å²) in [5, 5.41) is 5.21. The van der Waals surface area contributed by atoms with Gasteiger partial charge in [-0.15, -0.1) is 11.3 Å². The van der Waals surface area contributed by atoms with Gasteiger partial charge in [-0.3, -0.25) is 10.1 Å². The molecule has 0 atom stereocenters. The molecule has 140 valence electrons. The lowest BCUT2D eigenvalue weighted by Gasteiger charge is -2.09. The third kappa shape index (κ3) is 4.87. The first-order valence-corrected chi connectivity index (χ1v) is 9.93. The van der Waals surface area contributed by atoms with E-state index >= 15 is 0 Å². The minimum atomic E-state index is -0.244. The summed E-state index contributed by atoms with van der Waals surface area (Å²) in [5.74, 6) is 1.22. The summed E-state index contributed by atoms with van der Waals surface area (Å²) in [4.78, 5) is 16.6. The van der Waals surface area contributed by atoms with Crippen molar-refractivity contribution in [2.24, 2.45) is 0 Å². The summed E-state index contributed by atoms with van der Waals surface area (Å²) in [5.41, 5.74) is 3.88. The van der Waals surface area contributed by atoms with Gasteiger partial charge in [-0.2, -0.15) is 0 Å². The van der Waals surface area contributed by atoms with Gasteiger partial charge in [0.2, 0.25) is 0 Å². The van der Waals surface area contributed by atoms with Gasteiger partial charge in [0.05, 0.1) is 17.3 Å². The van der Waals surface area contributed by atoms with Gasteiger partial charge in [-0.1, -0.05) is 17.7 Å². The fourth-order valence-corrected chi connectivity index (χ4v) is 3.83. The molecule has 0 saturated heterocycles. The Labute approximate surface area is 170 Å². The highest BCUT2D eigenvalue weighted by Crippen LogP contribution is 2.32. The molecule has 3 rings (SSSR count). The van der Waals surface area contributed by atoms with Crippen molar-refractivity contribution in [1.29, 1.82) is 0 Å². The number of thiazole rings is 1. The molecule has 2 aromatic carbocycles. The number of carbonyl (C=O) groups excluding carboxylic acids is 1. The van der Waals surface area contributed by atoms with Gasteiger partial charge >= 0.3 is 0 Å². The Kier molecular flexibility index (Phi) is 6.13. The van der Waals surface area contributed by atoms with Crippen LogP contribution in [0, 0.1) is 13.8 Å². The highest BCUT2D eigenvalue weighted by molar-refractivity contribution is 9.10. The number of aryl methyl sites for hydroxylation is 2. The van der Waals surface area contributed by atoms with Crippen molar-refractivity contribution >= 4 is 38.3 Å². The molecule has 1 amide bonds. The molecule has 0 fully saturated rings. The molecule has 0 aliphatic carbocycles. The van der Waals surface area contributed by atoms with E-state index in [1.807, 2.05) is 55.6 Å². The molecule has 0 aliphatic heterocycles. The van der Waals surface area contributed by atoms with Crippen molar-refractivity contribution in [3.63, 3.8) is 0 Å². The number of benzene rings is 2. The second kappa shape index (κ2) is 8.54. The Morgan fingerprint density at radius 3 is 2.67 bits per heavy atom. The van der Waals surface area contributed by atoms with E-state index in [0.29, 0.717) is 10.9 Å². The van der Waals surface area contributed by atoms with Crippen LogP contribution in [-0.4, -0.2) is 24.6 Å². The van der Waals surface area contributed by atoms with Gasteiger partial charge in [-0.05, 0) is 59.6 Å². The largest absolute Gasteiger partial charge is 0.496 e. The van der Waals surface area contributed by atoms with Gasteiger partial charge in [0.25, 0.3) is 5.91 Å². The summed E-state index contributed by atoms with van der Waals surface area (Å²) >= 11 is 4.84. The summed E-state index contributed by atoms with van der Waals surface area (Å²) in [7, 11) is 1.62. The van der Waals surface area contributed by atoms with E-state index in [4.69, 9.17) is 9.47 Å². The normalized spacial score (nSPS) is 10.5. The van der Waals surface area contributed by atoms with E-state index in [9.17, 15) is 4.79 Å². The van der Waals surface area contributed by atoms with Crippen LogP contribution in [0.3, 0.4) is 0 Å². The van der Waals surface area contributed by atoms with Crippen molar-refractivity contribution < 1.29 is 14.3 Å². The number of halogens is 1. The number of anilines is 1. The smallest absolute Gasteiger partial charge is 0.264 e. The molecular weight excluding hydrogens is 428 g/mol. The van der Waals surface area contributed by atoms with Gasteiger partial charge < -0.3 is 9.47 Å². The molecule has 0 aliphatic rings. The molecule has 3 aromatic rings. The fourth-order valence-electron chi connectivity index (χ4n) is 2.55. The number of hydrogen-bond acceptors (Lipinski definition) is 5. The topological polar surface area (TPSA) is 60.5 Å². The zero-order chi connectivity index (χ0) is 19.4. The molecule has 0 radical (unpaired) electrons. The van der Waals surface area contributed by atoms with Crippen LogP contribution in [0.15, 0.2) is 46.3 Å². The minimum Gasteiger partial charge on any atom is -0.496 e. The first-order chi connectivity index (χ1) is 13.0.